The highest BCUT2D eigenvalue weighted by Gasteiger charge is 2.16. The lowest BCUT2D eigenvalue weighted by molar-refractivity contribution is -0.144. The van der Waals surface area contributed by atoms with Crippen LogP contribution in [0.3, 0.4) is 0 Å². The summed E-state index contributed by atoms with van der Waals surface area (Å²) < 4.78 is 56.9. The van der Waals surface area contributed by atoms with Crippen molar-refractivity contribution < 1.29 is 26.7 Å². The van der Waals surface area contributed by atoms with Gasteiger partial charge in [-0.2, -0.15) is 5.26 Å². The van der Waals surface area contributed by atoms with Crippen LogP contribution in [0.2, 0.25) is 0 Å². The van der Waals surface area contributed by atoms with Crippen molar-refractivity contribution in [2.24, 2.45) is 0 Å². The van der Waals surface area contributed by atoms with E-state index < -0.39 is 32.5 Å². The minimum Gasteiger partial charge on any atom is -0.461 e. The minimum atomic E-state index is -4.07. The quantitative estimate of drug-likeness (QED) is 0.743. The first-order valence-electron chi connectivity index (χ1n) is 7.41. The molecule has 0 amide bonds. The number of halogens is 2. The van der Waals surface area contributed by atoms with E-state index in [0.29, 0.717) is 23.3 Å². The number of ether oxygens (including phenoxy) is 1. The smallest absolute Gasteiger partial charge is 0.307 e. The van der Waals surface area contributed by atoms with Crippen molar-refractivity contribution in [1.82, 2.24) is 4.72 Å². The highest BCUT2D eigenvalue weighted by Crippen LogP contribution is 2.13. The third-order valence-electron chi connectivity index (χ3n) is 3.28. The summed E-state index contributed by atoms with van der Waals surface area (Å²) in [6.07, 6.45) is -0.249. The average molecular weight is 380 g/mol. The first-order valence-corrected chi connectivity index (χ1v) is 8.89. The third-order valence-corrected chi connectivity index (χ3v) is 4.74. The molecular weight excluding hydrogens is 366 g/mol. The molecule has 2 rings (SSSR count). The molecule has 0 fully saturated rings. The molecule has 0 spiro atoms. The molecule has 26 heavy (non-hydrogen) atoms. The summed E-state index contributed by atoms with van der Waals surface area (Å²) >= 11 is 0. The highest BCUT2D eigenvalue weighted by atomic mass is 32.2. The first kappa shape index (κ1) is 19.5. The Hall–Kier alpha value is -2.83. The molecule has 0 saturated heterocycles. The van der Waals surface area contributed by atoms with Crippen molar-refractivity contribution in [3.63, 3.8) is 0 Å². The number of nitrogens with one attached hydrogen (secondary N) is 1. The van der Waals surface area contributed by atoms with E-state index in [-0.39, 0.29) is 19.6 Å². The monoisotopic (exact) mass is 380 g/mol. The van der Waals surface area contributed by atoms with E-state index in [1.807, 2.05) is 6.07 Å². The zero-order valence-electron chi connectivity index (χ0n) is 13.4. The number of sulfonamides is 1. The van der Waals surface area contributed by atoms with Gasteiger partial charge in [-0.05, 0) is 35.9 Å². The number of hydrogen-bond acceptors (Lipinski definition) is 5. The molecule has 0 heterocycles. The van der Waals surface area contributed by atoms with Crippen LogP contribution in [0.5, 0.6) is 0 Å². The molecule has 2 aromatic rings. The number of nitrogens with zero attached hydrogens (tertiary/aromatic N) is 1. The minimum absolute atomic E-state index is 0.0513. The second-order valence-electron chi connectivity index (χ2n) is 5.20. The van der Waals surface area contributed by atoms with Gasteiger partial charge in [0.2, 0.25) is 10.0 Å². The third kappa shape index (κ3) is 5.34. The van der Waals surface area contributed by atoms with Crippen molar-refractivity contribution in [2.75, 3.05) is 6.54 Å². The Morgan fingerprint density at radius 1 is 1.15 bits per heavy atom. The Balaban J connectivity index is 1.83. The van der Waals surface area contributed by atoms with Gasteiger partial charge in [0.15, 0.2) is 11.6 Å². The largest absolute Gasteiger partial charge is 0.461 e. The molecule has 0 saturated carbocycles. The van der Waals surface area contributed by atoms with E-state index in [1.165, 1.54) is 0 Å². The van der Waals surface area contributed by atoms with E-state index in [1.54, 1.807) is 24.3 Å². The predicted octanol–water partition coefficient (Wildman–Crippen LogP) is 2.25. The van der Waals surface area contributed by atoms with Gasteiger partial charge in [0.25, 0.3) is 0 Å². The van der Waals surface area contributed by atoms with Gasteiger partial charge < -0.3 is 4.74 Å². The molecule has 0 aromatic heterocycles. The number of hydrogen-bond donors (Lipinski definition) is 1. The molecule has 0 radical (unpaired) electrons. The van der Waals surface area contributed by atoms with Crippen LogP contribution in [0, 0.1) is 23.0 Å². The van der Waals surface area contributed by atoms with Gasteiger partial charge in [-0.25, -0.2) is 21.9 Å². The van der Waals surface area contributed by atoms with Crippen LogP contribution in [0.15, 0.2) is 47.4 Å². The number of rotatable bonds is 7. The Labute approximate surface area is 149 Å². The van der Waals surface area contributed by atoms with Gasteiger partial charge in [-0.3, -0.25) is 4.79 Å². The van der Waals surface area contributed by atoms with E-state index in [4.69, 9.17) is 10.00 Å². The molecule has 0 aliphatic heterocycles. The fourth-order valence-electron chi connectivity index (χ4n) is 1.98. The Morgan fingerprint density at radius 3 is 2.62 bits per heavy atom. The SMILES string of the molecule is N#Cc1cccc(COC(=O)CCNS(=O)(=O)c2ccc(F)c(F)c2)c1. The fraction of sp³-hybridized carbons (Fsp3) is 0.176. The van der Waals surface area contributed by atoms with Crippen LogP contribution in [0.25, 0.3) is 0 Å². The van der Waals surface area contributed by atoms with Gasteiger partial charge in [-0.15, -0.1) is 0 Å². The standard InChI is InChI=1S/C17H14F2N2O4S/c18-15-5-4-14(9-16(15)19)26(23,24)21-7-6-17(22)25-11-13-3-1-2-12(8-13)10-20/h1-5,8-9,21H,6-7,11H2. The number of carbonyl (C=O) groups is 1. The van der Waals surface area contributed by atoms with Crippen molar-refractivity contribution in [1.29, 1.82) is 5.26 Å². The molecule has 136 valence electrons. The molecule has 0 unspecified atom stereocenters. The fourth-order valence-corrected chi connectivity index (χ4v) is 3.02. The van der Waals surface area contributed by atoms with E-state index in [0.717, 1.165) is 6.07 Å². The van der Waals surface area contributed by atoms with E-state index >= 15 is 0 Å². The van der Waals surface area contributed by atoms with Gasteiger partial charge in [0.1, 0.15) is 6.61 Å². The van der Waals surface area contributed by atoms with Gasteiger partial charge in [-0.1, -0.05) is 12.1 Å². The predicted molar refractivity (Wildman–Crippen MR) is 87.1 cm³/mol. The molecule has 2 aromatic carbocycles. The van der Waals surface area contributed by atoms with E-state index in [9.17, 15) is 22.0 Å². The number of benzene rings is 2. The highest BCUT2D eigenvalue weighted by molar-refractivity contribution is 7.89. The van der Waals surface area contributed by atoms with Crippen LogP contribution in [-0.2, 0) is 26.2 Å². The summed E-state index contributed by atoms with van der Waals surface area (Å²) in [5.74, 6) is -3.10. The molecule has 0 aliphatic rings. The number of carbonyl (C=O) groups excluding carboxylic acids is 1. The molecule has 6 nitrogen and oxygen atoms in total. The first-order chi connectivity index (χ1) is 12.3. The van der Waals surface area contributed by atoms with Crippen LogP contribution < -0.4 is 4.72 Å². The average Bonchev–Trinajstić information content (AvgIpc) is 2.62. The topological polar surface area (TPSA) is 96.3 Å². The van der Waals surface area contributed by atoms with Gasteiger partial charge in [0, 0.05) is 6.54 Å². The van der Waals surface area contributed by atoms with Crippen molar-refractivity contribution in [3.8, 4) is 6.07 Å². The maximum Gasteiger partial charge on any atom is 0.307 e. The van der Waals surface area contributed by atoms with Crippen LogP contribution >= 0.6 is 0 Å². The summed E-state index contributed by atoms with van der Waals surface area (Å²) in [6.45, 7) is -0.317. The summed E-state index contributed by atoms with van der Waals surface area (Å²) in [7, 11) is -4.07. The number of esters is 1. The maximum atomic E-state index is 13.1. The van der Waals surface area contributed by atoms with Crippen molar-refractivity contribution >= 4 is 16.0 Å². The molecule has 1 N–H and O–H groups in total. The van der Waals surface area contributed by atoms with Crippen LogP contribution in [0.1, 0.15) is 17.5 Å². The summed E-state index contributed by atoms with van der Waals surface area (Å²) in [4.78, 5) is 11.2. The summed E-state index contributed by atoms with van der Waals surface area (Å²) in [6, 6.07) is 10.6. The van der Waals surface area contributed by atoms with Gasteiger partial charge in [0.05, 0.1) is 22.9 Å². The lowest BCUT2D eigenvalue weighted by atomic mass is 10.1. The lowest BCUT2D eigenvalue weighted by Crippen LogP contribution is -2.27. The van der Waals surface area contributed by atoms with Crippen LogP contribution in [0.4, 0.5) is 8.78 Å². The lowest BCUT2D eigenvalue weighted by Gasteiger charge is -2.08. The zero-order chi connectivity index (χ0) is 19.2. The Bertz CT molecular complexity index is 955. The number of nitriles is 1. The van der Waals surface area contributed by atoms with Gasteiger partial charge >= 0.3 is 5.97 Å². The second kappa shape index (κ2) is 8.51. The molecule has 9 heteroatoms. The second-order valence-corrected chi connectivity index (χ2v) is 6.96. The Morgan fingerprint density at radius 2 is 1.92 bits per heavy atom. The summed E-state index contributed by atoms with van der Waals surface area (Å²) in [5.41, 5.74) is 1.05. The maximum absolute atomic E-state index is 13.1. The molecule has 0 bridgehead atoms. The molecule has 0 aliphatic carbocycles. The Kier molecular flexibility index (Phi) is 6.38. The molecular formula is C17H14F2N2O4S. The normalized spacial score (nSPS) is 11.0. The van der Waals surface area contributed by atoms with Crippen molar-refractivity contribution in [3.05, 3.63) is 65.2 Å². The molecule has 0 atom stereocenters. The zero-order valence-corrected chi connectivity index (χ0v) is 14.2. The van der Waals surface area contributed by atoms with Crippen molar-refractivity contribution in [2.45, 2.75) is 17.9 Å². The van der Waals surface area contributed by atoms with E-state index in [2.05, 4.69) is 4.72 Å². The van der Waals surface area contributed by atoms with Crippen LogP contribution in [-0.4, -0.2) is 20.9 Å². The summed E-state index contributed by atoms with van der Waals surface area (Å²) in [5, 5.41) is 8.79.